The number of aromatic amines is 1. The Labute approximate surface area is 157 Å². The zero-order chi connectivity index (χ0) is 16.9. The van der Waals surface area contributed by atoms with Gasteiger partial charge in [-0.3, -0.25) is 5.10 Å². The average molecular weight is 366 g/mol. The van der Waals surface area contributed by atoms with Crippen LogP contribution >= 0.6 is 12.4 Å². The van der Waals surface area contributed by atoms with E-state index in [0.29, 0.717) is 12.1 Å². The molecule has 0 unspecified atom stereocenters. The lowest BCUT2D eigenvalue weighted by atomic mass is 9.91. The van der Waals surface area contributed by atoms with Crippen molar-refractivity contribution in [1.29, 1.82) is 0 Å². The van der Waals surface area contributed by atoms with E-state index in [0.717, 1.165) is 17.7 Å². The van der Waals surface area contributed by atoms with Gasteiger partial charge in [0, 0.05) is 17.0 Å². The lowest BCUT2D eigenvalue weighted by Crippen LogP contribution is -2.42. The van der Waals surface area contributed by atoms with E-state index < -0.39 is 0 Å². The lowest BCUT2D eigenvalue weighted by molar-refractivity contribution is 0.0757. The fourth-order valence-corrected chi connectivity index (χ4v) is 4.06. The van der Waals surface area contributed by atoms with Crippen LogP contribution in [0.4, 0.5) is 0 Å². The predicted molar refractivity (Wildman–Crippen MR) is 107 cm³/mol. The Morgan fingerprint density at radius 3 is 2.68 bits per heavy atom. The van der Waals surface area contributed by atoms with Gasteiger partial charge >= 0.3 is 0 Å². The second-order valence-electron chi connectivity index (χ2n) is 7.12. The number of aromatic nitrogens is 2. The van der Waals surface area contributed by atoms with Crippen molar-refractivity contribution in [3.05, 3.63) is 23.9 Å². The van der Waals surface area contributed by atoms with Crippen molar-refractivity contribution in [2.24, 2.45) is 0 Å². The number of aryl methyl sites for hydroxylation is 1. The van der Waals surface area contributed by atoms with Crippen LogP contribution in [-0.2, 0) is 0 Å². The maximum Gasteiger partial charge on any atom is 0.123 e. The Hall–Kier alpha value is -1.26. The molecule has 1 aliphatic carbocycles. The molecule has 0 aliphatic heterocycles. The summed E-state index contributed by atoms with van der Waals surface area (Å²) in [5, 5.41) is 8.33. The van der Waals surface area contributed by atoms with Crippen molar-refractivity contribution in [1.82, 2.24) is 15.1 Å². The molecule has 1 aromatic heterocycles. The quantitative estimate of drug-likeness (QED) is 0.741. The normalized spacial score (nSPS) is 20.6. The molecule has 0 bridgehead atoms. The molecule has 1 fully saturated rings. The first kappa shape index (κ1) is 20.1. The van der Waals surface area contributed by atoms with E-state index in [1.54, 1.807) is 0 Å². The number of nitrogens with one attached hydrogen (secondary N) is 1. The Kier molecular flexibility index (Phi) is 7.57. The highest BCUT2D eigenvalue weighted by atomic mass is 35.5. The number of hydrogen-bond acceptors (Lipinski definition) is 3. The van der Waals surface area contributed by atoms with Crippen LogP contribution in [0.5, 0.6) is 5.75 Å². The molecule has 1 heterocycles. The van der Waals surface area contributed by atoms with Gasteiger partial charge in [0.2, 0.25) is 0 Å². The van der Waals surface area contributed by atoms with E-state index >= 15 is 0 Å². The van der Waals surface area contributed by atoms with Gasteiger partial charge in [0.25, 0.3) is 0 Å². The molecule has 1 saturated carbocycles. The summed E-state index contributed by atoms with van der Waals surface area (Å²) in [6.07, 6.45) is 9.62. The zero-order valence-electron chi connectivity index (χ0n) is 15.8. The summed E-state index contributed by atoms with van der Waals surface area (Å²) in [4.78, 5) is 2.68. The number of fused-ring (bicyclic) bond motifs is 1. The summed E-state index contributed by atoms with van der Waals surface area (Å²) in [6.45, 7) is 9.12. The van der Waals surface area contributed by atoms with Crippen LogP contribution in [-0.4, -0.2) is 40.3 Å². The third-order valence-electron chi connectivity index (χ3n) is 5.27. The van der Waals surface area contributed by atoms with Crippen LogP contribution < -0.4 is 4.74 Å². The van der Waals surface area contributed by atoms with Crippen molar-refractivity contribution < 1.29 is 4.74 Å². The summed E-state index contributed by atoms with van der Waals surface area (Å²) in [6, 6.07) is 4.85. The molecule has 2 aromatic rings. The minimum atomic E-state index is 0. The van der Waals surface area contributed by atoms with Crippen LogP contribution in [0.25, 0.3) is 10.9 Å². The maximum absolute atomic E-state index is 6.43. The zero-order valence-corrected chi connectivity index (χ0v) is 16.6. The van der Waals surface area contributed by atoms with Crippen LogP contribution in [0, 0.1) is 6.92 Å². The minimum Gasteiger partial charge on any atom is -0.490 e. The maximum atomic E-state index is 6.43. The van der Waals surface area contributed by atoms with Crippen molar-refractivity contribution >= 4 is 23.3 Å². The molecule has 0 radical (unpaired) electrons. The first-order valence-corrected chi connectivity index (χ1v) is 9.56. The van der Waals surface area contributed by atoms with E-state index in [2.05, 4.69) is 48.0 Å². The van der Waals surface area contributed by atoms with Gasteiger partial charge in [-0.25, -0.2) is 0 Å². The van der Waals surface area contributed by atoms with Gasteiger partial charge in [0.1, 0.15) is 11.9 Å². The molecule has 5 heteroatoms. The van der Waals surface area contributed by atoms with Gasteiger partial charge < -0.3 is 9.64 Å². The third kappa shape index (κ3) is 4.68. The van der Waals surface area contributed by atoms with Crippen LogP contribution in [0.15, 0.2) is 18.3 Å². The molecule has 2 atom stereocenters. The summed E-state index contributed by atoms with van der Waals surface area (Å²) in [5.74, 6) is 1.02. The molecule has 25 heavy (non-hydrogen) atoms. The van der Waals surface area contributed by atoms with Gasteiger partial charge in [-0.1, -0.05) is 13.8 Å². The molecule has 0 spiro atoms. The van der Waals surface area contributed by atoms with E-state index in [1.165, 1.54) is 56.1 Å². The van der Waals surface area contributed by atoms with Gasteiger partial charge in [-0.05, 0) is 70.7 Å². The number of benzene rings is 1. The predicted octanol–water partition coefficient (Wildman–Crippen LogP) is 5.11. The summed E-state index contributed by atoms with van der Waals surface area (Å²) < 4.78 is 6.43. The number of hydrogen-bond donors (Lipinski definition) is 1. The van der Waals surface area contributed by atoms with Gasteiger partial charge in [0.05, 0.1) is 11.7 Å². The molecule has 140 valence electrons. The van der Waals surface area contributed by atoms with E-state index in [1.807, 2.05) is 6.20 Å². The van der Waals surface area contributed by atoms with Crippen molar-refractivity contribution in [3.8, 4) is 5.75 Å². The molecule has 1 aromatic carbocycles. The molecule has 3 rings (SSSR count). The number of halogens is 1. The standard InChI is InChI=1S/C20H31N3O.ClH/c1-4-11-23(12-5-2)16-7-6-8-17(13-16)24-20-10-9-19-18(15(20)3)14-21-22-19;/h9-10,14,16-17H,4-8,11-13H2,1-3H3,(H,21,22);1H/t16-,17-;/m0./s1. The summed E-state index contributed by atoms with van der Waals surface area (Å²) in [5.41, 5.74) is 2.28. The fraction of sp³-hybridized carbons (Fsp3) is 0.650. The van der Waals surface area contributed by atoms with E-state index in [-0.39, 0.29) is 12.4 Å². The highest BCUT2D eigenvalue weighted by molar-refractivity contribution is 5.85. The minimum absolute atomic E-state index is 0. The van der Waals surface area contributed by atoms with Gasteiger partial charge in [-0.2, -0.15) is 5.10 Å². The topological polar surface area (TPSA) is 41.1 Å². The van der Waals surface area contributed by atoms with Crippen LogP contribution in [0.1, 0.15) is 57.9 Å². The Morgan fingerprint density at radius 2 is 1.96 bits per heavy atom. The number of nitrogens with zero attached hydrogens (tertiary/aromatic N) is 2. The SMILES string of the molecule is CCCN(CCC)[C@H]1CCC[C@H](Oc2ccc3[nH]ncc3c2C)C1.Cl. The third-order valence-corrected chi connectivity index (χ3v) is 5.27. The molecule has 4 nitrogen and oxygen atoms in total. The second kappa shape index (κ2) is 9.44. The fourth-order valence-electron chi connectivity index (χ4n) is 4.06. The van der Waals surface area contributed by atoms with Crippen molar-refractivity contribution in [2.75, 3.05) is 13.1 Å². The molecule has 1 N–H and O–H groups in total. The monoisotopic (exact) mass is 365 g/mol. The van der Waals surface area contributed by atoms with Crippen molar-refractivity contribution in [2.45, 2.75) is 71.4 Å². The smallest absolute Gasteiger partial charge is 0.123 e. The van der Waals surface area contributed by atoms with Gasteiger partial charge in [-0.15, -0.1) is 12.4 Å². The summed E-state index contributed by atoms with van der Waals surface area (Å²) in [7, 11) is 0. The van der Waals surface area contributed by atoms with Crippen LogP contribution in [0.3, 0.4) is 0 Å². The molecule has 0 saturated heterocycles. The molecule has 1 aliphatic rings. The first-order chi connectivity index (χ1) is 11.7. The molecular weight excluding hydrogens is 334 g/mol. The number of H-pyrrole nitrogens is 1. The summed E-state index contributed by atoms with van der Waals surface area (Å²) >= 11 is 0. The van der Waals surface area contributed by atoms with Crippen molar-refractivity contribution in [3.63, 3.8) is 0 Å². The highest BCUT2D eigenvalue weighted by Gasteiger charge is 2.27. The Balaban J connectivity index is 0.00000225. The largest absolute Gasteiger partial charge is 0.490 e. The Morgan fingerprint density at radius 1 is 1.20 bits per heavy atom. The highest BCUT2D eigenvalue weighted by Crippen LogP contribution is 2.31. The average Bonchev–Trinajstić information content (AvgIpc) is 3.07. The van der Waals surface area contributed by atoms with Gasteiger partial charge in [0.15, 0.2) is 0 Å². The van der Waals surface area contributed by atoms with E-state index in [4.69, 9.17) is 4.74 Å². The van der Waals surface area contributed by atoms with Crippen LogP contribution in [0.2, 0.25) is 0 Å². The number of ether oxygens (including phenoxy) is 1. The molecular formula is C20H32ClN3O. The molecule has 0 amide bonds. The lowest BCUT2D eigenvalue weighted by Gasteiger charge is -2.37. The second-order valence-corrected chi connectivity index (χ2v) is 7.12. The van der Waals surface area contributed by atoms with E-state index in [9.17, 15) is 0 Å². The number of rotatable bonds is 7. The Bertz CT molecular complexity index is 651. The first-order valence-electron chi connectivity index (χ1n) is 9.56.